The Morgan fingerprint density at radius 3 is 2.33 bits per heavy atom. The van der Waals surface area contributed by atoms with E-state index in [1.807, 2.05) is 26.8 Å². The molecule has 1 saturated heterocycles. The van der Waals surface area contributed by atoms with Crippen molar-refractivity contribution in [1.82, 2.24) is 19.4 Å². The van der Waals surface area contributed by atoms with E-state index >= 15 is 0 Å². The second-order valence-electron chi connectivity index (χ2n) is 8.10. The van der Waals surface area contributed by atoms with Crippen LogP contribution >= 0.6 is 0 Å². The number of benzene rings is 1. The van der Waals surface area contributed by atoms with Crippen molar-refractivity contribution in [2.45, 2.75) is 33.7 Å². The van der Waals surface area contributed by atoms with Crippen molar-refractivity contribution in [3.8, 4) is 0 Å². The molecule has 0 aliphatic carbocycles. The molecule has 0 amide bonds. The lowest BCUT2D eigenvalue weighted by molar-refractivity contribution is 0.271. The standard InChI is InChI=1S/C23H30N6O/c1-5-27-12-14-28(15-13-27)19-8-6-18(7-9-19)25-23-24-17(4)20-10-11-21(30)29(16(2)3)22(20)26-23/h6-11,16H,5,12-15H2,1-4H3,(H,24,25,26). The molecule has 158 valence electrons. The lowest BCUT2D eigenvalue weighted by Gasteiger charge is -2.35. The second kappa shape index (κ2) is 8.44. The van der Waals surface area contributed by atoms with Gasteiger partial charge in [-0.3, -0.25) is 9.36 Å². The minimum Gasteiger partial charge on any atom is -0.369 e. The molecule has 0 spiro atoms. The number of piperazine rings is 1. The molecule has 1 aliphatic heterocycles. The van der Waals surface area contributed by atoms with Gasteiger partial charge < -0.3 is 15.1 Å². The molecule has 30 heavy (non-hydrogen) atoms. The summed E-state index contributed by atoms with van der Waals surface area (Å²) in [5, 5.41) is 4.20. The molecule has 3 aromatic rings. The third kappa shape index (κ3) is 4.03. The summed E-state index contributed by atoms with van der Waals surface area (Å²) in [4.78, 5) is 26.5. The molecule has 1 aliphatic rings. The van der Waals surface area contributed by atoms with Gasteiger partial charge in [0.2, 0.25) is 5.95 Å². The Kier molecular flexibility index (Phi) is 5.72. The lowest BCUT2D eigenvalue weighted by Crippen LogP contribution is -2.46. The van der Waals surface area contributed by atoms with E-state index in [4.69, 9.17) is 0 Å². The summed E-state index contributed by atoms with van der Waals surface area (Å²) in [6.45, 7) is 13.6. The smallest absolute Gasteiger partial charge is 0.252 e. The predicted octanol–water partition coefficient (Wildman–Crippen LogP) is 3.57. The van der Waals surface area contributed by atoms with Gasteiger partial charge in [0.25, 0.3) is 5.56 Å². The van der Waals surface area contributed by atoms with E-state index in [-0.39, 0.29) is 11.6 Å². The Hall–Kier alpha value is -2.93. The number of hydrogen-bond acceptors (Lipinski definition) is 6. The van der Waals surface area contributed by atoms with Gasteiger partial charge in [-0.25, -0.2) is 4.98 Å². The molecule has 0 unspecified atom stereocenters. The average molecular weight is 407 g/mol. The summed E-state index contributed by atoms with van der Waals surface area (Å²) in [7, 11) is 0. The van der Waals surface area contributed by atoms with Crippen LogP contribution in [0.25, 0.3) is 11.0 Å². The van der Waals surface area contributed by atoms with Crippen molar-refractivity contribution >= 4 is 28.4 Å². The van der Waals surface area contributed by atoms with Crippen LogP contribution in [0.1, 0.15) is 32.5 Å². The lowest BCUT2D eigenvalue weighted by atomic mass is 10.2. The molecule has 7 nitrogen and oxygen atoms in total. The van der Waals surface area contributed by atoms with Crippen molar-refractivity contribution in [3.05, 3.63) is 52.4 Å². The molecule has 0 saturated carbocycles. The Bertz CT molecular complexity index is 1080. The molecule has 7 heteroatoms. The molecule has 1 fully saturated rings. The maximum atomic E-state index is 12.4. The van der Waals surface area contributed by atoms with Gasteiger partial charge >= 0.3 is 0 Å². The summed E-state index contributed by atoms with van der Waals surface area (Å²) in [5.74, 6) is 0.504. The summed E-state index contributed by atoms with van der Waals surface area (Å²) >= 11 is 0. The highest BCUT2D eigenvalue weighted by atomic mass is 16.1. The first-order valence-electron chi connectivity index (χ1n) is 10.7. The summed E-state index contributed by atoms with van der Waals surface area (Å²) < 4.78 is 1.72. The Balaban J connectivity index is 1.57. The first kappa shape index (κ1) is 20.3. The first-order chi connectivity index (χ1) is 14.5. The third-order valence-electron chi connectivity index (χ3n) is 5.80. The zero-order valence-corrected chi connectivity index (χ0v) is 18.2. The second-order valence-corrected chi connectivity index (χ2v) is 8.10. The van der Waals surface area contributed by atoms with Crippen molar-refractivity contribution in [2.75, 3.05) is 42.9 Å². The van der Waals surface area contributed by atoms with Gasteiger partial charge in [0.05, 0.1) is 5.69 Å². The number of pyridine rings is 1. The van der Waals surface area contributed by atoms with Crippen LogP contribution in [-0.2, 0) is 0 Å². The SMILES string of the molecule is CCN1CCN(c2ccc(Nc3nc(C)c4ccc(=O)n(C(C)C)c4n3)cc2)CC1. The zero-order chi connectivity index (χ0) is 21.3. The van der Waals surface area contributed by atoms with Crippen LogP contribution in [0, 0.1) is 6.92 Å². The van der Waals surface area contributed by atoms with Gasteiger partial charge in [0.15, 0.2) is 0 Å². The maximum absolute atomic E-state index is 12.4. The Morgan fingerprint density at radius 1 is 1.00 bits per heavy atom. The van der Waals surface area contributed by atoms with Gasteiger partial charge in [-0.15, -0.1) is 0 Å². The number of likely N-dealkylation sites (N-methyl/N-ethyl adjacent to an activating group) is 1. The van der Waals surface area contributed by atoms with Crippen molar-refractivity contribution in [3.63, 3.8) is 0 Å². The van der Waals surface area contributed by atoms with Crippen LogP contribution in [0.3, 0.4) is 0 Å². The minimum absolute atomic E-state index is 0.0239. The van der Waals surface area contributed by atoms with Gasteiger partial charge in [-0.2, -0.15) is 4.98 Å². The van der Waals surface area contributed by atoms with E-state index in [1.54, 1.807) is 10.6 Å². The van der Waals surface area contributed by atoms with E-state index in [0.717, 1.165) is 49.5 Å². The number of nitrogens with one attached hydrogen (secondary N) is 1. The van der Waals surface area contributed by atoms with Crippen LogP contribution in [0.4, 0.5) is 17.3 Å². The normalized spacial score (nSPS) is 15.2. The minimum atomic E-state index is -0.0472. The molecule has 1 N–H and O–H groups in total. The first-order valence-corrected chi connectivity index (χ1v) is 10.7. The molecule has 4 rings (SSSR count). The van der Waals surface area contributed by atoms with E-state index in [0.29, 0.717) is 11.6 Å². The number of anilines is 3. The van der Waals surface area contributed by atoms with Gasteiger partial charge in [0.1, 0.15) is 5.65 Å². The van der Waals surface area contributed by atoms with E-state index in [9.17, 15) is 4.79 Å². The van der Waals surface area contributed by atoms with Crippen molar-refractivity contribution < 1.29 is 0 Å². The predicted molar refractivity (Wildman–Crippen MR) is 123 cm³/mol. The monoisotopic (exact) mass is 406 g/mol. The molecule has 3 heterocycles. The van der Waals surface area contributed by atoms with Crippen LogP contribution < -0.4 is 15.8 Å². The summed E-state index contributed by atoms with van der Waals surface area (Å²) in [5.41, 5.74) is 3.63. The fourth-order valence-corrected chi connectivity index (χ4v) is 4.05. The van der Waals surface area contributed by atoms with Crippen LogP contribution in [0.15, 0.2) is 41.2 Å². The summed E-state index contributed by atoms with van der Waals surface area (Å²) in [6, 6.07) is 11.8. The highest BCUT2D eigenvalue weighted by molar-refractivity contribution is 5.79. The van der Waals surface area contributed by atoms with E-state index < -0.39 is 0 Å². The van der Waals surface area contributed by atoms with Gasteiger partial charge in [-0.05, 0) is 57.6 Å². The fraction of sp³-hybridized carbons (Fsp3) is 0.435. The van der Waals surface area contributed by atoms with E-state index in [2.05, 4.69) is 56.3 Å². The van der Waals surface area contributed by atoms with Crippen molar-refractivity contribution in [2.24, 2.45) is 0 Å². The van der Waals surface area contributed by atoms with Gasteiger partial charge in [-0.1, -0.05) is 6.92 Å². The number of aromatic nitrogens is 3. The third-order valence-corrected chi connectivity index (χ3v) is 5.80. The number of rotatable bonds is 5. The highest BCUT2D eigenvalue weighted by Gasteiger charge is 2.16. The Labute approximate surface area is 177 Å². The molecule has 2 aromatic heterocycles. The largest absolute Gasteiger partial charge is 0.369 e. The molecular weight excluding hydrogens is 376 g/mol. The van der Waals surface area contributed by atoms with Crippen LogP contribution in [-0.4, -0.2) is 52.2 Å². The van der Waals surface area contributed by atoms with Gasteiger partial charge in [0, 0.05) is 55.0 Å². The van der Waals surface area contributed by atoms with E-state index in [1.165, 1.54) is 5.69 Å². The number of nitrogens with zero attached hydrogens (tertiary/aromatic N) is 5. The number of aryl methyl sites for hydroxylation is 1. The average Bonchev–Trinajstić information content (AvgIpc) is 2.74. The molecule has 0 radical (unpaired) electrons. The maximum Gasteiger partial charge on any atom is 0.252 e. The van der Waals surface area contributed by atoms with Crippen LogP contribution in [0.2, 0.25) is 0 Å². The van der Waals surface area contributed by atoms with Crippen LogP contribution in [0.5, 0.6) is 0 Å². The topological polar surface area (TPSA) is 66.3 Å². The number of hydrogen-bond donors (Lipinski definition) is 1. The highest BCUT2D eigenvalue weighted by Crippen LogP contribution is 2.23. The fourth-order valence-electron chi connectivity index (χ4n) is 4.05. The summed E-state index contributed by atoms with van der Waals surface area (Å²) in [6.07, 6.45) is 0. The zero-order valence-electron chi connectivity index (χ0n) is 18.2. The number of fused-ring (bicyclic) bond motifs is 1. The Morgan fingerprint density at radius 2 is 1.70 bits per heavy atom. The molecule has 0 bridgehead atoms. The molecule has 1 aromatic carbocycles. The molecular formula is C23H30N6O. The molecule has 0 atom stereocenters. The quantitative estimate of drug-likeness (QED) is 0.699. The van der Waals surface area contributed by atoms with Crippen molar-refractivity contribution in [1.29, 1.82) is 0 Å².